The Hall–Kier alpha value is -1.35. The third-order valence-corrected chi connectivity index (χ3v) is 3.66. The van der Waals surface area contributed by atoms with E-state index in [0.717, 1.165) is 17.5 Å². The van der Waals surface area contributed by atoms with Crippen LogP contribution in [0.4, 0.5) is 5.69 Å². The van der Waals surface area contributed by atoms with Gasteiger partial charge in [0.1, 0.15) is 5.01 Å². The van der Waals surface area contributed by atoms with Crippen LogP contribution in [-0.4, -0.2) is 11.5 Å². The van der Waals surface area contributed by atoms with Gasteiger partial charge in [0.25, 0.3) is 0 Å². The number of thiazole rings is 1. The SMILES string of the molecule is c1cc(NCC2CC2)cc(-c2nccs2)c1. The summed E-state index contributed by atoms with van der Waals surface area (Å²) < 4.78 is 0. The van der Waals surface area contributed by atoms with E-state index in [1.165, 1.54) is 24.1 Å². The molecule has 82 valence electrons. The van der Waals surface area contributed by atoms with E-state index >= 15 is 0 Å². The van der Waals surface area contributed by atoms with Crippen molar-refractivity contribution in [2.75, 3.05) is 11.9 Å². The smallest absolute Gasteiger partial charge is 0.123 e. The van der Waals surface area contributed by atoms with Crippen LogP contribution in [-0.2, 0) is 0 Å². The summed E-state index contributed by atoms with van der Waals surface area (Å²) in [5, 5.41) is 6.59. The van der Waals surface area contributed by atoms with Crippen molar-refractivity contribution in [3.05, 3.63) is 35.8 Å². The number of anilines is 1. The fraction of sp³-hybridized carbons (Fsp3) is 0.308. The minimum Gasteiger partial charge on any atom is -0.385 e. The summed E-state index contributed by atoms with van der Waals surface area (Å²) in [6, 6.07) is 8.51. The Bertz CT molecular complexity index is 461. The van der Waals surface area contributed by atoms with Crippen LogP contribution in [0.15, 0.2) is 35.8 Å². The third-order valence-electron chi connectivity index (χ3n) is 2.83. The van der Waals surface area contributed by atoms with Crippen molar-refractivity contribution >= 4 is 17.0 Å². The first kappa shape index (κ1) is 9.85. The van der Waals surface area contributed by atoms with Crippen molar-refractivity contribution in [1.82, 2.24) is 4.98 Å². The average molecular weight is 230 g/mol. The van der Waals surface area contributed by atoms with Gasteiger partial charge in [-0.15, -0.1) is 11.3 Å². The second-order valence-corrected chi connectivity index (χ2v) is 5.14. The number of nitrogens with zero attached hydrogens (tertiary/aromatic N) is 1. The molecule has 0 amide bonds. The zero-order chi connectivity index (χ0) is 10.8. The highest BCUT2D eigenvalue weighted by Crippen LogP contribution is 2.30. The molecule has 0 atom stereocenters. The van der Waals surface area contributed by atoms with Crippen LogP contribution in [0.25, 0.3) is 10.6 Å². The van der Waals surface area contributed by atoms with E-state index in [-0.39, 0.29) is 0 Å². The molecule has 0 unspecified atom stereocenters. The predicted molar refractivity (Wildman–Crippen MR) is 68.8 cm³/mol. The molecule has 3 rings (SSSR count). The maximum Gasteiger partial charge on any atom is 0.123 e. The Morgan fingerprint density at radius 1 is 1.38 bits per heavy atom. The van der Waals surface area contributed by atoms with Gasteiger partial charge >= 0.3 is 0 Å². The minimum atomic E-state index is 0.906. The zero-order valence-corrected chi connectivity index (χ0v) is 9.83. The van der Waals surface area contributed by atoms with E-state index < -0.39 is 0 Å². The van der Waals surface area contributed by atoms with Crippen molar-refractivity contribution in [1.29, 1.82) is 0 Å². The molecule has 3 heteroatoms. The second-order valence-electron chi connectivity index (χ2n) is 4.24. The molecule has 2 aromatic rings. The molecule has 1 saturated carbocycles. The Kier molecular flexibility index (Phi) is 2.62. The molecule has 1 fully saturated rings. The van der Waals surface area contributed by atoms with Gasteiger partial charge in [0.2, 0.25) is 0 Å². The summed E-state index contributed by atoms with van der Waals surface area (Å²) in [6.07, 6.45) is 4.63. The quantitative estimate of drug-likeness (QED) is 0.867. The summed E-state index contributed by atoms with van der Waals surface area (Å²) in [4.78, 5) is 4.33. The molecular formula is C13H14N2S. The standard InChI is InChI=1S/C13H14N2S/c1-2-11(13-14-6-7-16-13)8-12(3-1)15-9-10-4-5-10/h1-3,6-8,10,15H,4-5,9H2. The van der Waals surface area contributed by atoms with E-state index in [0.29, 0.717) is 0 Å². The van der Waals surface area contributed by atoms with E-state index in [2.05, 4.69) is 34.6 Å². The van der Waals surface area contributed by atoms with Crippen LogP contribution in [0.5, 0.6) is 0 Å². The van der Waals surface area contributed by atoms with Gasteiger partial charge in [-0.1, -0.05) is 12.1 Å². The lowest BCUT2D eigenvalue weighted by Crippen LogP contribution is -2.02. The summed E-state index contributed by atoms with van der Waals surface area (Å²) >= 11 is 1.68. The van der Waals surface area contributed by atoms with Crippen molar-refractivity contribution in [2.24, 2.45) is 5.92 Å². The number of hydrogen-bond acceptors (Lipinski definition) is 3. The van der Waals surface area contributed by atoms with Gasteiger partial charge in [0.05, 0.1) is 0 Å². The third kappa shape index (κ3) is 2.25. The van der Waals surface area contributed by atoms with Crippen molar-refractivity contribution in [2.45, 2.75) is 12.8 Å². The number of hydrogen-bond donors (Lipinski definition) is 1. The molecule has 0 spiro atoms. The molecule has 0 bridgehead atoms. The maximum atomic E-state index is 4.33. The zero-order valence-electron chi connectivity index (χ0n) is 9.02. The molecule has 0 saturated heterocycles. The molecule has 1 heterocycles. The highest BCUT2D eigenvalue weighted by atomic mass is 32.1. The number of nitrogens with one attached hydrogen (secondary N) is 1. The molecule has 1 N–H and O–H groups in total. The van der Waals surface area contributed by atoms with E-state index in [9.17, 15) is 0 Å². The van der Waals surface area contributed by atoms with E-state index in [1.54, 1.807) is 11.3 Å². The Balaban J connectivity index is 1.76. The molecule has 0 aliphatic heterocycles. The fourth-order valence-corrected chi connectivity index (χ4v) is 2.35. The molecular weight excluding hydrogens is 216 g/mol. The molecule has 1 aliphatic rings. The second kappa shape index (κ2) is 4.26. The van der Waals surface area contributed by atoms with Gasteiger partial charge in [0, 0.05) is 29.4 Å². The monoisotopic (exact) mass is 230 g/mol. The molecule has 16 heavy (non-hydrogen) atoms. The largest absolute Gasteiger partial charge is 0.385 e. The molecule has 0 radical (unpaired) electrons. The van der Waals surface area contributed by atoms with Crippen molar-refractivity contribution in [3.8, 4) is 10.6 Å². The van der Waals surface area contributed by atoms with Crippen LogP contribution in [0.3, 0.4) is 0 Å². The van der Waals surface area contributed by atoms with Gasteiger partial charge in [-0.2, -0.15) is 0 Å². The van der Waals surface area contributed by atoms with E-state index in [4.69, 9.17) is 0 Å². The minimum absolute atomic E-state index is 0.906. The van der Waals surface area contributed by atoms with Gasteiger partial charge in [-0.25, -0.2) is 4.98 Å². The Morgan fingerprint density at radius 2 is 2.31 bits per heavy atom. The Morgan fingerprint density at radius 3 is 3.06 bits per heavy atom. The lowest BCUT2D eigenvalue weighted by atomic mass is 10.2. The highest BCUT2D eigenvalue weighted by Gasteiger charge is 2.20. The predicted octanol–water partition coefficient (Wildman–Crippen LogP) is 3.63. The summed E-state index contributed by atoms with van der Waals surface area (Å²) in [6.45, 7) is 1.11. The van der Waals surface area contributed by atoms with Crippen LogP contribution in [0.1, 0.15) is 12.8 Å². The molecule has 1 aliphatic carbocycles. The summed E-state index contributed by atoms with van der Waals surface area (Å²) in [5.41, 5.74) is 2.41. The van der Waals surface area contributed by atoms with Crippen LogP contribution in [0.2, 0.25) is 0 Å². The van der Waals surface area contributed by atoms with Crippen LogP contribution in [0, 0.1) is 5.92 Å². The van der Waals surface area contributed by atoms with Crippen LogP contribution < -0.4 is 5.32 Å². The van der Waals surface area contributed by atoms with Gasteiger partial charge in [-0.05, 0) is 30.9 Å². The lowest BCUT2D eigenvalue weighted by molar-refractivity contribution is 0.889. The number of benzene rings is 1. The number of aromatic nitrogens is 1. The Labute approximate surface area is 99.4 Å². The lowest BCUT2D eigenvalue weighted by Gasteiger charge is -2.06. The normalized spacial score (nSPS) is 15.0. The summed E-state index contributed by atoms with van der Waals surface area (Å²) in [7, 11) is 0. The molecule has 1 aromatic heterocycles. The van der Waals surface area contributed by atoms with Gasteiger partial charge < -0.3 is 5.32 Å². The molecule has 1 aromatic carbocycles. The first-order valence-electron chi connectivity index (χ1n) is 5.65. The van der Waals surface area contributed by atoms with Gasteiger partial charge in [0.15, 0.2) is 0 Å². The number of rotatable bonds is 4. The first-order valence-corrected chi connectivity index (χ1v) is 6.53. The van der Waals surface area contributed by atoms with Crippen molar-refractivity contribution < 1.29 is 0 Å². The van der Waals surface area contributed by atoms with E-state index in [1.807, 2.05) is 11.6 Å². The summed E-state index contributed by atoms with van der Waals surface area (Å²) in [5.74, 6) is 0.906. The van der Waals surface area contributed by atoms with Crippen LogP contribution >= 0.6 is 11.3 Å². The average Bonchev–Trinajstić information content (AvgIpc) is 2.99. The topological polar surface area (TPSA) is 24.9 Å². The highest BCUT2D eigenvalue weighted by molar-refractivity contribution is 7.13. The molecule has 2 nitrogen and oxygen atoms in total. The fourth-order valence-electron chi connectivity index (χ4n) is 1.71. The van der Waals surface area contributed by atoms with Gasteiger partial charge in [-0.3, -0.25) is 0 Å². The van der Waals surface area contributed by atoms with Crippen molar-refractivity contribution in [3.63, 3.8) is 0 Å². The first-order chi connectivity index (χ1) is 7.92. The maximum absolute atomic E-state index is 4.33.